The minimum atomic E-state index is -0.343. The summed E-state index contributed by atoms with van der Waals surface area (Å²) in [6.45, 7) is 2.19. The standard InChI is InChI=1S/C32H24.CH4/c1-23-17-19-28-29-20-18-25(24-11-5-2-6-12-24)22-31(29)32(30(28)21-23,26-13-7-3-8-14-26)27-15-9-4-10-16-27;/h2-22H,1H3;1H4. The highest BCUT2D eigenvalue weighted by Gasteiger charge is 2.46. The normalized spacial score (nSPS) is 13.0. The molecule has 0 radical (unpaired) electrons. The predicted molar refractivity (Wildman–Crippen MR) is 141 cm³/mol. The molecule has 5 aromatic rings. The zero-order valence-electron chi connectivity index (χ0n) is 18.1. The van der Waals surface area contributed by atoms with Gasteiger partial charge in [-0.3, -0.25) is 0 Å². The molecule has 0 saturated carbocycles. The van der Waals surface area contributed by atoms with Crippen LogP contribution in [0.25, 0.3) is 22.3 Å². The van der Waals surface area contributed by atoms with E-state index in [2.05, 4.69) is 134 Å². The molecule has 0 atom stereocenters. The Morgan fingerprint density at radius 1 is 0.455 bits per heavy atom. The lowest BCUT2D eigenvalue weighted by Crippen LogP contribution is -2.28. The van der Waals surface area contributed by atoms with Crippen molar-refractivity contribution < 1.29 is 0 Å². The molecular weight excluding hydrogens is 396 g/mol. The first-order valence-electron chi connectivity index (χ1n) is 11.2. The molecule has 0 heteroatoms. The highest BCUT2D eigenvalue weighted by molar-refractivity contribution is 5.88. The van der Waals surface area contributed by atoms with Crippen molar-refractivity contribution in [3.8, 4) is 22.3 Å². The lowest BCUT2D eigenvalue weighted by atomic mass is 9.67. The average molecular weight is 425 g/mol. The third-order valence-electron chi connectivity index (χ3n) is 6.81. The van der Waals surface area contributed by atoms with Gasteiger partial charge in [0.2, 0.25) is 0 Å². The first kappa shape index (κ1) is 21.0. The Morgan fingerprint density at radius 3 is 1.52 bits per heavy atom. The molecule has 6 rings (SSSR count). The molecule has 0 saturated heterocycles. The van der Waals surface area contributed by atoms with Gasteiger partial charge in [0.25, 0.3) is 0 Å². The topological polar surface area (TPSA) is 0 Å². The summed E-state index contributed by atoms with van der Waals surface area (Å²) in [5.41, 5.74) is 11.4. The lowest BCUT2D eigenvalue weighted by Gasteiger charge is -2.34. The van der Waals surface area contributed by atoms with Crippen molar-refractivity contribution in [2.75, 3.05) is 0 Å². The Kier molecular flexibility index (Phi) is 5.23. The Morgan fingerprint density at radius 2 is 0.939 bits per heavy atom. The van der Waals surface area contributed by atoms with Crippen molar-refractivity contribution in [1.29, 1.82) is 0 Å². The van der Waals surface area contributed by atoms with E-state index < -0.39 is 0 Å². The number of hydrogen-bond acceptors (Lipinski definition) is 0. The van der Waals surface area contributed by atoms with E-state index in [-0.39, 0.29) is 12.8 Å². The molecular formula is C33H28. The molecule has 33 heavy (non-hydrogen) atoms. The van der Waals surface area contributed by atoms with E-state index in [1.54, 1.807) is 0 Å². The third-order valence-corrected chi connectivity index (χ3v) is 6.81. The Labute approximate surface area is 197 Å². The van der Waals surface area contributed by atoms with Crippen molar-refractivity contribution in [2.45, 2.75) is 19.8 Å². The zero-order chi connectivity index (χ0) is 21.5. The number of hydrogen-bond donors (Lipinski definition) is 0. The SMILES string of the molecule is C.Cc1ccc2c(c1)C(c1ccccc1)(c1ccccc1)c1cc(-c3ccccc3)ccc1-2. The van der Waals surface area contributed by atoms with Crippen LogP contribution in [0.1, 0.15) is 35.2 Å². The van der Waals surface area contributed by atoms with Gasteiger partial charge in [-0.2, -0.15) is 0 Å². The molecule has 0 fully saturated rings. The quantitative estimate of drug-likeness (QED) is 0.267. The fourth-order valence-corrected chi connectivity index (χ4v) is 5.41. The highest BCUT2D eigenvalue weighted by atomic mass is 14.5. The molecule has 0 nitrogen and oxygen atoms in total. The smallest absolute Gasteiger partial charge is 0.0713 e. The third kappa shape index (κ3) is 3.14. The molecule has 5 aromatic carbocycles. The van der Waals surface area contributed by atoms with E-state index >= 15 is 0 Å². The largest absolute Gasteiger partial charge is 0.0776 e. The summed E-state index contributed by atoms with van der Waals surface area (Å²) in [7, 11) is 0. The van der Waals surface area contributed by atoms with Crippen molar-refractivity contribution in [3.63, 3.8) is 0 Å². The van der Waals surface area contributed by atoms with E-state index in [1.165, 1.54) is 50.1 Å². The van der Waals surface area contributed by atoms with Gasteiger partial charge in [-0.25, -0.2) is 0 Å². The number of rotatable bonds is 3. The fourth-order valence-electron chi connectivity index (χ4n) is 5.41. The van der Waals surface area contributed by atoms with Crippen LogP contribution in [0.4, 0.5) is 0 Å². The molecule has 0 unspecified atom stereocenters. The van der Waals surface area contributed by atoms with Crippen LogP contribution < -0.4 is 0 Å². The van der Waals surface area contributed by atoms with Crippen LogP contribution in [0.2, 0.25) is 0 Å². The van der Waals surface area contributed by atoms with Crippen LogP contribution in [0, 0.1) is 6.92 Å². The molecule has 0 bridgehead atoms. The molecule has 1 aliphatic rings. The second-order valence-corrected chi connectivity index (χ2v) is 8.66. The predicted octanol–water partition coefficient (Wildman–Crippen LogP) is 8.66. The lowest BCUT2D eigenvalue weighted by molar-refractivity contribution is 0.768. The molecule has 0 spiro atoms. The van der Waals surface area contributed by atoms with E-state index in [0.29, 0.717) is 0 Å². The first-order chi connectivity index (χ1) is 15.8. The molecule has 0 aliphatic heterocycles. The summed E-state index contributed by atoms with van der Waals surface area (Å²) in [4.78, 5) is 0. The summed E-state index contributed by atoms with van der Waals surface area (Å²) < 4.78 is 0. The number of fused-ring (bicyclic) bond motifs is 3. The van der Waals surface area contributed by atoms with Crippen molar-refractivity contribution in [1.82, 2.24) is 0 Å². The second-order valence-electron chi connectivity index (χ2n) is 8.66. The van der Waals surface area contributed by atoms with Gasteiger partial charge < -0.3 is 0 Å². The second kappa shape index (κ2) is 8.22. The molecule has 1 aliphatic carbocycles. The average Bonchev–Trinajstić information content (AvgIpc) is 3.15. The number of aryl methyl sites for hydroxylation is 1. The van der Waals surface area contributed by atoms with Gasteiger partial charge in [0, 0.05) is 0 Å². The summed E-state index contributed by atoms with van der Waals surface area (Å²) in [6, 6.07) is 46.6. The van der Waals surface area contributed by atoms with Crippen molar-refractivity contribution in [3.05, 3.63) is 155 Å². The van der Waals surface area contributed by atoms with Crippen LogP contribution in [0.3, 0.4) is 0 Å². The highest BCUT2D eigenvalue weighted by Crippen LogP contribution is 2.56. The van der Waals surface area contributed by atoms with Crippen molar-refractivity contribution in [2.24, 2.45) is 0 Å². The van der Waals surface area contributed by atoms with Gasteiger partial charge in [-0.1, -0.05) is 134 Å². The maximum absolute atomic E-state index is 2.42. The summed E-state index contributed by atoms with van der Waals surface area (Å²) in [5, 5.41) is 0. The van der Waals surface area contributed by atoms with Gasteiger partial charge in [-0.05, 0) is 57.5 Å². The molecule has 0 amide bonds. The van der Waals surface area contributed by atoms with E-state index in [9.17, 15) is 0 Å². The summed E-state index contributed by atoms with van der Waals surface area (Å²) in [6.07, 6.45) is 0. The minimum absolute atomic E-state index is 0. The van der Waals surface area contributed by atoms with Gasteiger partial charge in [-0.15, -0.1) is 0 Å². The van der Waals surface area contributed by atoms with E-state index in [1.807, 2.05) is 0 Å². The Bertz CT molecular complexity index is 1360. The van der Waals surface area contributed by atoms with Crippen LogP contribution >= 0.6 is 0 Å². The maximum Gasteiger partial charge on any atom is 0.0713 e. The first-order valence-corrected chi connectivity index (χ1v) is 11.2. The monoisotopic (exact) mass is 424 g/mol. The molecule has 0 heterocycles. The molecule has 0 N–H and O–H groups in total. The van der Waals surface area contributed by atoms with Crippen molar-refractivity contribution >= 4 is 0 Å². The van der Waals surface area contributed by atoms with Gasteiger partial charge >= 0.3 is 0 Å². The van der Waals surface area contributed by atoms with Crippen LogP contribution in [0.15, 0.2) is 127 Å². The maximum atomic E-state index is 2.42. The Balaban J connectivity index is 0.00000228. The van der Waals surface area contributed by atoms with Gasteiger partial charge in [0.05, 0.1) is 5.41 Å². The van der Waals surface area contributed by atoms with Crippen LogP contribution in [0.5, 0.6) is 0 Å². The van der Waals surface area contributed by atoms with E-state index in [4.69, 9.17) is 0 Å². The Hall–Kier alpha value is -3.90. The van der Waals surface area contributed by atoms with Gasteiger partial charge in [0.15, 0.2) is 0 Å². The fraction of sp³-hybridized carbons (Fsp3) is 0.0909. The minimum Gasteiger partial charge on any atom is -0.0776 e. The summed E-state index contributed by atoms with van der Waals surface area (Å²) >= 11 is 0. The molecule has 160 valence electrons. The molecule has 0 aromatic heterocycles. The van der Waals surface area contributed by atoms with Gasteiger partial charge in [0.1, 0.15) is 0 Å². The number of benzene rings is 5. The van der Waals surface area contributed by atoms with Crippen LogP contribution in [-0.4, -0.2) is 0 Å². The van der Waals surface area contributed by atoms with Crippen LogP contribution in [-0.2, 0) is 5.41 Å². The van der Waals surface area contributed by atoms with E-state index in [0.717, 1.165) is 0 Å². The zero-order valence-corrected chi connectivity index (χ0v) is 18.1. The summed E-state index contributed by atoms with van der Waals surface area (Å²) in [5.74, 6) is 0.